The molecular weight excluding hydrogens is 416 g/mol. The number of carbonyl (C=O) groups excluding carboxylic acids is 1. The first-order valence-corrected chi connectivity index (χ1v) is 10.4. The number of Topliss-reactive ketones (excluding diaryl/α,β-unsaturated/α-hetero) is 1. The number of fused-ring (bicyclic) bond motifs is 1. The van der Waals surface area contributed by atoms with Crippen LogP contribution >= 0.6 is 11.6 Å². The second kappa shape index (κ2) is 7.74. The smallest absolute Gasteiger partial charge is 0.226 e. The lowest BCUT2D eigenvalue weighted by atomic mass is 9.85. The van der Waals surface area contributed by atoms with Crippen LogP contribution in [0.2, 0.25) is 5.02 Å². The average molecular weight is 437 g/mol. The van der Waals surface area contributed by atoms with Crippen LogP contribution in [0.1, 0.15) is 30.9 Å². The standard InChI is InChI=1S/C23H21ClN4O3/c1-30-18-11-8-14(12-19(18)31-2)22-26-23-25-16-4-3-5-17(29)20(16)21(28(23)27-22)13-6-9-15(24)10-7-13/h6-12,21H,3-5H2,1-2H3,(H,25,26,27)/t21-/m0/s1. The fraction of sp³-hybridized carbons (Fsp3) is 0.261. The SMILES string of the molecule is COc1ccc(-c2nc3n(n2)[C@@H](c2ccc(Cl)cc2)C2=C(CCCC2=O)N3)cc1OC. The first-order valence-electron chi connectivity index (χ1n) is 10.1. The Morgan fingerprint density at radius 2 is 1.84 bits per heavy atom. The zero-order chi connectivity index (χ0) is 21.5. The normalized spacial score (nSPS) is 17.6. The molecule has 2 aliphatic rings. The van der Waals surface area contributed by atoms with Gasteiger partial charge in [0.15, 0.2) is 23.1 Å². The van der Waals surface area contributed by atoms with E-state index >= 15 is 0 Å². The van der Waals surface area contributed by atoms with Crippen LogP contribution in [-0.4, -0.2) is 34.8 Å². The number of nitrogens with zero attached hydrogens (tertiary/aromatic N) is 3. The van der Waals surface area contributed by atoms with E-state index in [2.05, 4.69) is 5.32 Å². The number of rotatable bonds is 4. The maximum absolute atomic E-state index is 12.9. The molecule has 0 saturated heterocycles. The van der Waals surface area contributed by atoms with E-state index in [1.165, 1.54) is 0 Å². The van der Waals surface area contributed by atoms with Crippen molar-refractivity contribution >= 4 is 23.3 Å². The summed E-state index contributed by atoms with van der Waals surface area (Å²) >= 11 is 6.11. The van der Waals surface area contributed by atoms with E-state index in [1.807, 2.05) is 42.5 Å². The fourth-order valence-corrected chi connectivity index (χ4v) is 4.33. The van der Waals surface area contributed by atoms with E-state index in [9.17, 15) is 4.79 Å². The molecule has 0 spiro atoms. The van der Waals surface area contributed by atoms with Crippen molar-refractivity contribution in [1.82, 2.24) is 14.8 Å². The molecule has 2 heterocycles. The number of hydrogen-bond donors (Lipinski definition) is 1. The number of anilines is 1. The zero-order valence-electron chi connectivity index (χ0n) is 17.2. The van der Waals surface area contributed by atoms with E-state index in [0.717, 1.165) is 35.2 Å². The Morgan fingerprint density at radius 1 is 1.06 bits per heavy atom. The maximum atomic E-state index is 12.9. The van der Waals surface area contributed by atoms with Gasteiger partial charge in [-0.05, 0) is 48.7 Å². The Bertz CT molecular complexity index is 1200. The van der Waals surface area contributed by atoms with Crippen LogP contribution in [0.3, 0.4) is 0 Å². The van der Waals surface area contributed by atoms with Gasteiger partial charge in [-0.2, -0.15) is 4.98 Å². The molecule has 1 N–H and O–H groups in total. The fourth-order valence-electron chi connectivity index (χ4n) is 4.21. The predicted octanol–water partition coefficient (Wildman–Crippen LogP) is 4.64. The Balaban J connectivity index is 1.64. The number of carbonyl (C=O) groups is 1. The van der Waals surface area contributed by atoms with Gasteiger partial charge in [-0.25, -0.2) is 4.68 Å². The van der Waals surface area contributed by atoms with Crippen molar-refractivity contribution < 1.29 is 14.3 Å². The summed E-state index contributed by atoms with van der Waals surface area (Å²) in [6.45, 7) is 0. The molecule has 0 amide bonds. The lowest BCUT2D eigenvalue weighted by Gasteiger charge is -2.32. The minimum Gasteiger partial charge on any atom is -0.493 e. The number of halogens is 1. The number of methoxy groups -OCH3 is 2. The van der Waals surface area contributed by atoms with Crippen LogP contribution in [0, 0.1) is 0 Å². The lowest BCUT2D eigenvalue weighted by molar-refractivity contribution is -0.116. The van der Waals surface area contributed by atoms with Crippen molar-refractivity contribution in [3.63, 3.8) is 0 Å². The van der Waals surface area contributed by atoms with Gasteiger partial charge in [0, 0.05) is 28.3 Å². The third-order valence-corrected chi connectivity index (χ3v) is 5.95. The molecule has 8 heteroatoms. The molecule has 1 aliphatic carbocycles. The van der Waals surface area contributed by atoms with Gasteiger partial charge >= 0.3 is 0 Å². The van der Waals surface area contributed by atoms with Crippen molar-refractivity contribution in [3.8, 4) is 22.9 Å². The van der Waals surface area contributed by atoms with Crippen molar-refractivity contribution in [1.29, 1.82) is 0 Å². The summed E-state index contributed by atoms with van der Waals surface area (Å²) in [4.78, 5) is 17.6. The van der Waals surface area contributed by atoms with Gasteiger partial charge in [-0.15, -0.1) is 5.10 Å². The third-order valence-electron chi connectivity index (χ3n) is 5.70. The molecule has 0 radical (unpaired) electrons. The van der Waals surface area contributed by atoms with Crippen LogP contribution in [0.15, 0.2) is 53.7 Å². The molecule has 5 rings (SSSR count). The first kappa shape index (κ1) is 19.6. The summed E-state index contributed by atoms with van der Waals surface area (Å²) < 4.78 is 12.5. The predicted molar refractivity (Wildman–Crippen MR) is 118 cm³/mol. The van der Waals surface area contributed by atoms with Crippen molar-refractivity contribution in [2.75, 3.05) is 19.5 Å². The van der Waals surface area contributed by atoms with Crippen molar-refractivity contribution in [3.05, 3.63) is 64.3 Å². The first-order chi connectivity index (χ1) is 15.1. The van der Waals surface area contributed by atoms with E-state index in [1.54, 1.807) is 18.9 Å². The van der Waals surface area contributed by atoms with E-state index in [4.69, 9.17) is 31.2 Å². The molecule has 0 fully saturated rings. The number of nitrogens with one attached hydrogen (secondary N) is 1. The number of allylic oxidation sites excluding steroid dienone is 2. The van der Waals surface area contributed by atoms with Crippen LogP contribution < -0.4 is 14.8 Å². The second-order valence-electron chi connectivity index (χ2n) is 7.52. The molecule has 1 aliphatic heterocycles. The number of ketones is 1. The largest absolute Gasteiger partial charge is 0.493 e. The van der Waals surface area contributed by atoms with Gasteiger partial charge in [0.1, 0.15) is 6.04 Å². The molecular formula is C23H21ClN4O3. The maximum Gasteiger partial charge on any atom is 0.226 e. The Labute approximate surface area is 184 Å². The molecule has 1 atom stereocenters. The quantitative estimate of drug-likeness (QED) is 0.642. The summed E-state index contributed by atoms with van der Waals surface area (Å²) in [5, 5.41) is 8.78. The van der Waals surface area contributed by atoms with Gasteiger partial charge in [0.25, 0.3) is 0 Å². The summed E-state index contributed by atoms with van der Waals surface area (Å²) in [6.07, 6.45) is 2.18. The van der Waals surface area contributed by atoms with Gasteiger partial charge in [-0.1, -0.05) is 23.7 Å². The molecule has 3 aromatic rings. The molecule has 158 valence electrons. The topological polar surface area (TPSA) is 78.3 Å². The Morgan fingerprint density at radius 3 is 2.58 bits per heavy atom. The molecule has 2 aromatic carbocycles. The third kappa shape index (κ3) is 3.35. The summed E-state index contributed by atoms with van der Waals surface area (Å²) in [7, 11) is 3.19. The zero-order valence-corrected chi connectivity index (χ0v) is 17.9. The van der Waals surface area contributed by atoms with Crippen molar-refractivity contribution in [2.45, 2.75) is 25.3 Å². The second-order valence-corrected chi connectivity index (χ2v) is 7.96. The number of aromatic nitrogens is 3. The highest BCUT2D eigenvalue weighted by Gasteiger charge is 2.36. The molecule has 0 unspecified atom stereocenters. The average Bonchev–Trinajstić information content (AvgIpc) is 3.22. The number of benzene rings is 2. The van der Waals surface area contributed by atoms with E-state index in [-0.39, 0.29) is 11.8 Å². The summed E-state index contributed by atoms with van der Waals surface area (Å²) in [6, 6.07) is 12.7. The lowest BCUT2D eigenvalue weighted by Crippen LogP contribution is -2.31. The van der Waals surface area contributed by atoms with Crippen LogP contribution in [0.4, 0.5) is 5.95 Å². The summed E-state index contributed by atoms with van der Waals surface area (Å²) in [5.41, 5.74) is 3.42. The highest BCUT2D eigenvalue weighted by atomic mass is 35.5. The number of hydrogen-bond acceptors (Lipinski definition) is 6. The van der Waals surface area contributed by atoms with Gasteiger partial charge in [0.2, 0.25) is 5.95 Å². The molecule has 31 heavy (non-hydrogen) atoms. The molecule has 1 aromatic heterocycles. The van der Waals surface area contributed by atoms with E-state index < -0.39 is 0 Å². The molecule has 0 bridgehead atoms. The van der Waals surface area contributed by atoms with Gasteiger partial charge in [-0.3, -0.25) is 4.79 Å². The van der Waals surface area contributed by atoms with Gasteiger partial charge in [0.05, 0.1) is 14.2 Å². The minimum atomic E-state index is -0.349. The van der Waals surface area contributed by atoms with Crippen molar-refractivity contribution in [2.24, 2.45) is 0 Å². The highest BCUT2D eigenvalue weighted by Crippen LogP contribution is 2.41. The minimum absolute atomic E-state index is 0.141. The van der Waals surface area contributed by atoms with E-state index in [0.29, 0.717) is 34.7 Å². The molecule has 0 saturated carbocycles. The summed E-state index contributed by atoms with van der Waals surface area (Å²) in [5.74, 6) is 2.52. The Hall–Kier alpha value is -3.32. The highest BCUT2D eigenvalue weighted by molar-refractivity contribution is 6.30. The number of ether oxygens (including phenoxy) is 2. The van der Waals surface area contributed by atoms with Gasteiger partial charge < -0.3 is 14.8 Å². The monoisotopic (exact) mass is 436 g/mol. The van der Waals surface area contributed by atoms with Crippen LogP contribution in [0.5, 0.6) is 11.5 Å². The Kier molecular flexibility index (Phi) is 4.90. The van der Waals surface area contributed by atoms with Crippen LogP contribution in [0.25, 0.3) is 11.4 Å². The van der Waals surface area contributed by atoms with Crippen LogP contribution in [-0.2, 0) is 4.79 Å². The molecule has 7 nitrogen and oxygen atoms in total.